The molecule has 2 saturated heterocycles. The average Bonchev–Trinajstić information content (AvgIpc) is 3.59. The molecule has 4 aromatic rings. The van der Waals surface area contributed by atoms with Crippen LogP contribution in [0.4, 0.5) is 11.6 Å². The van der Waals surface area contributed by atoms with E-state index in [1.807, 2.05) is 45.8 Å². The first-order chi connectivity index (χ1) is 17.0. The van der Waals surface area contributed by atoms with Crippen molar-refractivity contribution in [1.82, 2.24) is 29.2 Å². The van der Waals surface area contributed by atoms with Gasteiger partial charge in [0, 0.05) is 36.9 Å². The molecule has 1 aromatic carbocycles. The minimum absolute atomic E-state index is 0.0353. The van der Waals surface area contributed by atoms with Crippen molar-refractivity contribution in [3.8, 4) is 17.1 Å². The fourth-order valence-corrected chi connectivity index (χ4v) is 5.23. The molecule has 35 heavy (non-hydrogen) atoms. The van der Waals surface area contributed by atoms with E-state index in [0.717, 1.165) is 30.9 Å². The summed E-state index contributed by atoms with van der Waals surface area (Å²) in [5.41, 5.74) is 3.37. The van der Waals surface area contributed by atoms with Crippen molar-refractivity contribution in [2.75, 3.05) is 32.6 Å². The van der Waals surface area contributed by atoms with Gasteiger partial charge in [-0.2, -0.15) is 0 Å². The number of nitrogens with one attached hydrogen (secondary N) is 1. The largest absolute Gasteiger partial charge is 0.495 e. The molecular formula is C25H24ClN7O2. The molecule has 0 saturated carbocycles. The Bertz CT molecular complexity index is 1440. The molecule has 3 aromatic heterocycles. The van der Waals surface area contributed by atoms with Gasteiger partial charge >= 0.3 is 0 Å². The number of pyridine rings is 1. The summed E-state index contributed by atoms with van der Waals surface area (Å²) >= 11 is 6.44. The lowest BCUT2D eigenvalue weighted by molar-refractivity contribution is 0.0650. The summed E-state index contributed by atoms with van der Waals surface area (Å²) in [4.78, 5) is 30.9. The van der Waals surface area contributed by atoms with Crippen molar-refractivity contribution in [3.63, 3.8) is 0 Å². The lowest BCUT2D eigenvalue weighted by Crippen LogP contribution is -2.47. The number of nitrogens with zero attached hydrogens (tertiary/aromatic N) is 6. The van der Waals surface area contributed by atoms with E-state index < -0.39 is 0 Å². The van der Waals surface area contributed by atoms with Crippen molar-refractivity contribution < 1.29 is 9.53 Å². The third kappa shape index (κ3) is 3.77. The molecule has 2 bridgehead atoms. The first-order valence-corrected chi connectivity index (χ1v) is 11.8. The summed E-state index contributed by atoms with van der Waals surface area (Å²) in [6.45, 7) is 1.70. The van der Waals surface area contributed by atoms with Crippen LogP contribution in [0, 0.1) is 0 Å². The zero-order chi connectivity index (χ0) is 24.1. The number of aromatic nitrogens is 4. The number of carbonyl (C=O) groups is 1. The van der Waals surface area contributed by atoms with E-state index >= 15 is 0 Å². The molecule has 1 amide bonds. The fraction of sp³-hybridized carbons (Fsp3) is 0.280. The standard InChI is InChI=1S/C25H24ClN7O2/c1-31-13-17-10-16(31)14-33(17)24(34)15-6-7-19(21(9-15)35-2)29-25-28-11-18(26)23(30-25)20-12-27-22-5-3-4-8-32(20)22/h3-9,11-12,16-17H,10,13-14H2,1-2H3,(H,28,29,30)/t16-,17-/m1/s1. The number of rotatable bonds is 5. The molecule has 178 valence electrons. The van der Waals surface area contributed by atoms with Crippen LogP contribution in [-0.2, 0) is 0 Å². The van der Waals surface area contributed by atoms with Gasteiger partial charge in [-0.15, -0.1) is 0 Å². The number of ether oxygens (including phenoxy) is 1. The van der Waals surface area contributed by atoms with Gasteiger partial charge in [0.15, 0.2) is 0 Å². The van der Waals surface area contributed by atoms with Gasteiger partial charge in [-0.05, 0) is 43.8 Å². The van der Waals surface area contributed by atoms with E-state index in [-0.39, 0.29) is 11.9 Å². The highest BCUT2D eigenvalue weighted by Gasteiger charge is 2.43. The molecule has 2 aliphatic heterocycles. The number of hydrogen-bond acceptors (Lipinski definition) is 7. The number of methoxy groups -OCH3 is 1. The number of piperazine rings is 1. The Hall–Kier alpha value is -3.69. The van der Waals surface area contributed by atoms with Crippen LogP contribution in [0.3, 0.4) is 0 Å². The molecule has 2 aliphatic rings. The lowest BCUT2D eigenvalue weighted by Gasteiger charge is -2.32. The van der Waals surface area contributed by atoms with E-state index in [0.29, 0.717) is 39.7 Å². The summed E-state index contributed by atoms with van der Waals surface area (Å²) in [5, 5.41) is 3.62. The third-order valence-electron chi connectivity index (χ3n) is 6.87. The second-order valence-electron chi connectivity index (χ2n) is 8.94. The van der Waals surface area contributed by atoms with Gasteiger partial charge < -0.3 is 15.0 Å². The molecule has 1 N–H and O–H groups in total. The van der Waals surface area contributed by atoms with Gasteiger partial charge in [-0.25, -0.2) is 15.0 Å². The molecule has 6 rings (SSSR count). The van der Waals surface area contributed by atoms with Crippen molar-refractivity contribution in [2.24, 2.45) is 0 Å². The number of carbonyl (C=O) groups excluding carboxylic acids is 1. The molecule has 0 aliphatic carbocycles. The summed E-state index contributed by atoms with van der Waals surface area (Å²) in [5.74, 6) is 0.924. The van der Waals surface area contributed by atoms with Crippen LogP contribution < -0.4 is 10.1 Å². The van der Waals surface area contributed by atoms with Gasteiger partial charge in [-0.1, -0.05) is 17.7 Å². The van der Waals surface area contributed by atoms with Crippen molar-refractivity contribution in [3.05, 3.63) is 65.6 Å². The Morgan fingerprint density at radius 3 is 2.80 bits per heavy atom. The average molecular weight is 490 g/mol. The summed E-state index contributed by atoms with van der Waals surface area (Å²) in [7, 11) is 3.70. The van der Waals surface area contributed by atoms with Crippen LogP contribution in [0.25, 0.3) is 17.0 Å². The number of likely N-dealkylation sites (tertiary alicyclic amines) is 2. The molecule has 10 heteroatoms. The van der Waals surface area contributed by atoms with Gasteiger partial charge in [0.05, 0.1) is 35.9 Å². The number of imidazole rings is 1. The molecule has 0 radical (unpaired) electrons. The fourth-order valence-electron chi connectivity index (χ4n) is 5.04. The van der Waals surface area contributed by atoms with Gasteiger partial charge in [-0.3, -0.25) is 14.1 Å². The maximum atomic E-state index is 13.2. The predicted molar refractivity (Wildman–Crippen MR) is 133 cm³/mol. The molecule has 2 atom stereocenters. The Labute approximate surface area is 207 Å². The van der Waals surface area contributed by atoms with Crippen LogP contribution in [0.15, 0.2) is 55.0 Å². The Morgan fingerprint density at radius 1 is 1.14 bits per heavy atom. The second-order valence-corrected chi connectivity index (χ2v) is 9.35. The first kappa shape index (κ1) is 21.8. The predicted octanol–water partition coefficient (Wildman–Crippen LogP) is 3.73. The van der Waals surface area contributed by atoms with Gasteiger partial charge in [0.1, 0.15) is 17.1 Å². The Kier molecular flexibility index (Phi) is 5.31. The van der Waals surface area contributed by atoms with E-state index in [2.05, 4.69) is 32.2 Å². The van der Waals surface area contributed by atoms with Crippen LogP contribution in [0.5, 0.6) is 5.75 Å². The number of likely N-dealkylation sites (N-methyl/N-ethyl adjacent to an activating group) is 1. The van der Waals surface area contributed by atoms with Gasteiger partial charge in [0.2, 0.25) is 5.95 Å². The van der Waals surface area contributed by atoms with Crippen molar-refractivity contribution >= 4 is 34.8 Å². The van der Waals surface area contributed by atoms with Crippen molar-refractivity contribution in [2.45, 2.75) is 18.5 Å². The van der Waals surface area contributed by atoms with E-state index in [4.69, 9.17) is 16.3 Å². The first-order valence-electron chi connectivity index (χ1n) is 11.4. The monoisotopic (exact) mass is 489 g/mol. The summed E-state index contributed by atoms with van der Waals surface area (Å²) < 4.78 is 7.52. The van der Waals surface area contributed by atoms with E-state index in [1.54, 1.807) is 25.6 Å². The third-order valence-corrected chi connectivity index (χ3v) is 7.15. The number of anilines is 2. The van der Waals surface area contributed by atoms with Crippen LogP contribution in [-0.4, -0.2) is 74.4 Å². The zero-order valence-electron chi connectivity index (χ0n) is 19.3. The number of halogens is 1. The Balaban J connectivity index is 1.27. The maximum absolute atomic E-state index is 13.2. The number of benzene rings is 1. The molecule has 5 heterocycles. The molecule has 0 spiro atoms. The Morgan fingerprint density at radius 2 is 2.03 bits per heavy atom. The highest BCUT2D eigenvalue weighted by atomic mass is 35.5. The van der Waals surface area contributed by atoms with Gasteiger partial charge in [0.25, 0.3) is 5.91 Å². The molecular weight excluding hydrogens is 466 g/mol. The topological polar surface area (TPSA) is 87.9 Å². The van der Waals surface area contributed by atoms with Crippen LogP contribution in [0.2, 0.25) is 5.02 Å². The second kappa shape index (κ2) is 8.51. The molecule has 0 unspecified atom stereocenters. The molecule has 2 fully saturated rings. The van der Waals surface area contributed by atoms with Crippen molar-refractivity contribution in [1.29, 1.82) is 0 Å². The van der Waals surface area contributed by atoms with E-state index in [9.17, 15) is 4.79 Å². The van der Waals surface area contributed by atoms with E-state index in [1.165, 1.54) is 0 Å². The zero-order valence-corrected chi connectivity index (χ0v) is 20.1. The normalized spacial score (nSPS) is 19.5. The minimum Gasteiger partial charge on any atom is -0.495 e. The number of hydrogen-bond donors (Lipinski definition) is 1. The lowest BCUT2D eigenvalue weighted by atomic mass is 10.1. The number of fused-ring (bicyclic) bond motifs is 3. The summed E-state index contributed by atoms with van der Waals surface area (Å²) in [6.07, 6.45) is 6.24. The minimum atomic E-state index is 0.0353. The maximum Gasteiger partial charge on any atom is 0.254 e. The SMILES string of the molecule is COc1cc(C(=O)N2C[C@H]3C[C@@H]2CN3C)ccc1Nc1ncc(Cl)c(-c2cnc3ccccn23)n1. The number of amides is 1. The summed E-state index contributed by atoms with van der Waals surface area (Å²) in [6, 6.07) is 11.9. The highest BCUT2D eigenvalue weighted by Crippen LogP contribution is 2.34. The van der Waals surface area contributed by atoms with Crippen LogP contribution >= 0.6 is 11.6 Å². The van der Waals surface area contributed by atoms with Crippen LogP contribution in [0.1, 0.15) is 16.8 Å². The highest BCUT2D eigenvalue weighted by molar-refractivity contribution is 6.32. The quantitative estimate of drug-likeness (QED) is 0.457. The smallest absolute Gasteiger partial charge is 0.254 e. The molecule has 9 nitrogen and oxygen atoms in total.